The second kappa shape index (κ2) is 5.97. The molecule has 3 rings (SSSR count). The maximum absolute atomic E-state index is 12.3. The van der Waals surface area contributed by atoms with Crippen molar-refractivity contribution in [3.63, 3.8) is 0 Å². The predicted molar refractivity (Wildman–Crippen MR) is 84.7 cm³/mol. The Kier molecular flexibility index (Phi) is 3.87. The van der Waals surface area contributed by atoms with Crippen LogP contribution in [0.2, 0.25) is 0 Å². The Balaban J connectivity index is 1.80. The summed E-state index contributed by atoms with van der Waals surface area (Å²) < 4.78 is 1.97. The Morgan fingerprint density at radius 1 is 1.23 bits per heavy atom. The van der Waals surface area contributed by atoms with E-state index in [2.05, 4.69) is 22.2 Å². The highest BCUT2D eigenvalue weighted by Crippen LogP contribution is 2.14. The first-order valence-electron chi connectivity index (χ1n) is 7.33. The summed E-state index contributed by atoms with van der Waals surface area (Å²) >= 11 is 0. The maximum atomic E-state index is 12.3. The molecule has 0 aliphatic carbocycles. The summed E-state index contributed by atoms with van der Waals surface area (Å²) in [6, 6.07) is 7.46. The van der Waals surface area contributed by atoms with Gasteiger partial charge in [-0.05, 0) is 43.2 Å². The average molecular weight is 294 g/mol. The zero-order valence-electron chi connectivity index (χ0n) is 12.7. The van der Waals surface area contributed by atoms with Crippen molar-refractivity contribution in [2.24, 2.45) is 0 Å². The lowest BCUT2D eigenvalue weighted by atomic mass is 10.2. The van der Waals surface area contributed by atoms with Gasteiger partial charge in [-0.15, -0.1) is 0 Å². The minimum Gasteiger partial charge on any atom is -0.348 e. The van der Waals surface area contributed by atoms with Crippen molar-refractivity contribution in [3.05, 3.63) is 65.4 Å². The first kappa shape index (κ1) is 14.3. The van der Waals surface area contributed by atoms with Crippen molar-refractivity contribution >= 4 is 11.6 Å². The van der Waals surface area contributed by atoms with Crippen LogP contribution in [-0.2, 0) is 13.0 Å². The van der Waals surface area contributed by atoms with Gasteiger partial charge in [0.1, 0.15) is 5.65 Å². The molecule has 0 aliphatic rings. The fourth-order valence-electron chi connectivity index (χ4n) is 2.47. The van der Waals surface area contributed by atoms with Crippen LogP contribution < -0.4 is 5.32 Å². The molecule has 5 nitrogen and oxygen atoms in total. The second-order valence-electron chi connectivity index (χ2n) is 5.18. The maximum Gasteiger partial charge on any atom is 0.253 e. The largest absolute Gasteiger partial charge is 0.348 e. The van der Waals surface area contributed by atoms with Gasteiger partial charge in [0.05, 0.1) is 11.3 Å². The number of hydrogen-bond donors (Lipinski definition) is 1. The highest BCUT2D eigenvalue weighted by molar-refractivity contribution is 5.94. The van der Waals surface area contributed by atoms with E-state index in [4.69, 9.17) is 0 Å². The number of imidazole rings is 1. The fraction of sp³-hybridized carbons (Fsp3) is 0.235. The third-order valence-corrected chi connectivity index (χ3v) is 3.75. The number of rotatable bonds is 4. The van der Waals surface area contributed by atoms with Gasteiger partial charge in [-0.25, -0.2) is 4.98 Å². The quantitative estimate of drug-likeness (QED) is 0.804. The van der Waals surface area contributed by atoms with Crippen LogP contribution in [0.3, 0.4) is 0 Å². The molecule has 3 aromatic heterocycles. The minimum absolute atomic E-state index is 0.0927. The average Bonchev–Trinajstić information content (AvgIpc) is 2.89. The number of hydrogen-bond acceptors (Lipinski definition) is 3. The number of nitrogens with zero attached hydrogens (tertiary/aromatic N) is 3. The Hall–Kier alpha value is -2.69. The number of pyridine rings is 2. The van der Waals surface area contributed by atoms with Gasteiger partial charge >= 0.3 is 0 Å². The van der Waals surface area contributed by atoms with Crippen LogP contribution in [0.1, 0.15) is 34.2 Å². The highest BCUT2D eigenvalue weighted by Gasteiger charge is 2.10. The first-order valence-corrected chi connectivity index (χ1v) is 7.33. The zero-order valence-corrected chi connectivity index (χ0v) is 12.7. The summed E-state index contributed by atoms with van der Waals surface area (Å²) in [6.07, 6.45) is 6.17. The van der Waals surface area contributed by atoms with E-state index in [0.717, 1.165) is 29.0 Å². The predicted octanol–water partition coefficient (Wildman–Crippen LogP) is 2.53. The summed E-state index contributed by atoms with van der Waals surface area (Å²) in [5.74, 6) is -0.0927. The van der Waals surface area contributed by atoms with Crippen molar-refractivity contribution in [2.45, 2.75) is 26.8 Å². The van der Waals surface area contributed by atoms with Gasteiger partial charge in [0.2, 0.25) is 0 Å². The van der Waals surface area contributed by atoms with Crippen molar-refractivity contribution in [1.29, 1.82) is 0 Å². The third kappa shape index (κ3) is 2.70. The molecular weight excluding hydrogens is 276 g/mol. The summed E-state index contributed by atoms with van der Waals surface area (Å²) in [5, 5.41) is 2.92. The number of amides is 1. The normalized spacial score (nSPS) is 10.8. The van der Waals surface area contributed by atoms with E-state index in [0.29, 0.717) is 12.1 Å². The Bertz CT molecular complexity index is 808. The summed E-state index contributed by atoms with van der Waals surface area (Å²) in [4.78, 5) is 20.8. The standard InChI is InChI=1S/C17H18N4O/c1-3-15-12(2)21-11-14(4-5-16(21)20-15)17(22)19-10-13-6-8-18-9-7-13/h4-9,11H,3,10H2,1-2H3,(H,19,22). The lowest BCUT2D eigenvalue weighted by molar-refractivity contribution is 0.0950. The lowest BCUT2D eigenvalue weighted by Crippen LogP contribution is -2.23. The summed E-state index contributed by atoms with van der Waals surface area (Å²) in [7, 11) is 0. The third-order valence-electron chi connectivity index (χ3n) is 3.75. The van der Waals surface area contributed by atoms with E-state index in [1.165, 1.54) is 0 Å². The van der Waals surface area contributed by atoms with Crippen LogP contribution in [-0.4, -0.2) is 20.3 Å². The molecule has 112 valence electrons. The van der Waals surface area contributed by atoms with E-state index < -0.39 is 0 Å². The van der Waals surface area contributed by atoms with Crippen LogP contribution in [0.4, 0.5) is 0 Å². The molecule has 0 fully saturated rings. The molecule has 0 spiro atoms. The smallest absolute Gasteiger partial charge is 0.253 e. The topological polar surface area (TPSA) is 59.3 Å². The van der Waals surface area contributed by atoms with Gasteiger partial charge in [-0.1, -0.05) is 6.92 Å². The van der Waals surface area contributed by atoms with Crippen molar-refractivity contribution in [1.82, 2.24) is 19.7 Å². The molecule has 0 radical (unpaired) electrons. The van der Waals surface area contributed by atoms with Crippen LogP contribution in [0.5, 0.6) is 0 Å². The van der Waals surface area contributed by atoms with Gasteiger partial charge in [-0.3, -0.25) is 9.78 Å². The first-order chi connectivity index (χ1) is 10.7. The highest BCUT2D eigenvalue weighted by atomic mass is 16.1. The van der Waals surface area contributed by atoms with Crippen LogP contribution in [0, 0.1) is 6.92 Å². The molecule has 3 aromatic rings. The molecule has 0 saturated carbocycles. The number of aromatic nitrogens is 3. The number of fused-ring (bicyclic) bond motifs is 1. The monoisotopic (exact) mass is 294 g/mol. The zero-order chi connectivity index (χ0) is 15.5. The van der Waals surface area contributed by atoms with Crippen LogP contribution in [0.25, 0.3) is 5.65 Å². The van der Waals surface area contributed by atoms with Crippen molar-refractivity contribution < 1.29 is 4.79 Å². The molecule has 1 amide bonds. The number of carbonyl (C=O) groups is 1. The molecule has 22 heavy (non-hydrogen) atoms. The van der Waals surface area contributed by atoms with Gasteiger partial charge in [0.25, 0.3) is 5.91 Å². The van der Waals surface area contributed by atoms with Gasteiger partial charge < -0.3 is 9.72 Å². The number of nitrogens with one attached hydrogen (secondary N) is 1. The number of carbonyl (C=O) groups excluding carboxylic acids is 1. The molecule has 0 bridgehead atoms. The fourth-order valence-corrected chi connectivity index (χ4v) is 2.47. The molecule has 0 aromatic carbocycles. The Morgan fingerprint density at radius 3 is 2.73 bits per heavy atom. The molecule has 5 heteroatoms. The second-order valence-corrected chi connectivity index (χ2v) is 5.18. The van der Waals surface area contributed by atoms with Crippen LogP contribution in [0.15, 0.2) is 42.9 Å². The van der Waals surface area contributed by atoms with Crippen molar-refractivity contribution in [2.75, 3.05) is 0 Å². The van der Waals surface area contributed by atoms with Gasteiger partial charge in [0.15, 0.2) is 0 Å². The molecule has 3 heterocycles. The van der Waals surface area contributed by atoms with Crippen molar-refractivity contribution in [3.8, 4) is 0 Å². The molecule has 0 unspecified atom stereocenters. The molecular formula is C17H18N4O. The summed E-state index contributed by atoms with van der Waals surface area (Å²) in [5.41, 5.74) is 4.68. The Morgan fingerprint density at radius 2 is 2.00 bits per heavy atom. The van der Waals surface area contributed by atoms with Gasteiger partial charge in [-0.2, -0.15) is 0 Å². The summed E-state index contributed by atoms with van der Waals surface area (Å²) in [6.45, 7) is 4.59. The number of aryl methyl sites for hydroxylation is 2. The molecule has 0 aliphatic heterocycles. The van der Waals surface area contributed by atoms with E-state index >= 15 is 0 Å². The SMILES string of the molecule is CCc1nc2ccc(C(=O)NCc3ccncc3)cn2c1C. The van der Waals surface area contributed by atoms with Gasteiger partial charge in [0, 0.05) is 30.8 Å². The van der Waals surface area contributed by atoms with Crippen LogP contribution >= 0.6 is 0 Å². The van der Waals surface area contributed by atoms with E-state index in [1.807, 2.05) is 41.8 Å². The van der Waals surface area contributed by atoms with E-state index in [1.54, 1.807) is 12.4 Å². The van der Waals surface area contributed by atoms with E-state index in [-0.39, 0.29) is 5.91 Å². The molecule has 0 saturated heterocycles. The molecule has 0 atom stereocenters. The lowest BCUT2D eigenvalue weighted by Gasteiger charge is -2.06. The van der Waals surface area contributed by atoms with E-state index in [9.17, 15) is 4.79 Å². The molecule has 1 N–H and O–H groups in total. The minimum atomic E-state index is -0.0927. The Labute approximate surface area is 129 Å².